The first-order valence-corrected chi connectivity index (χ1v) is 9.67. The molecule has 1 aliphatic carbocycles. The summed E-state index contributed by atoms with van der Waals surface area (Å²) >= 11 is 0. The van der Waals surface area contributed by atoms with Crippen LogP contribution in [0.5, 0.6) is 17.2 Å². The fraction of sp³-hybridized carbons (Fsp3) is 0.667. The van der Waals surface area contributed by atoms with Crippen LogP contribution in [0.4, 0.5) is 0 Å². The van der Waals surface area contributed by atoms with Gasteiger partial charge in [0.05, 0.1) is 20.8 Å². The van der Waals surface area contributed by atoms with Gasteiger partial charge in [0.2, 0.25) is 5.75 Å². The summed E-state index contributed by atoms with van der Waals surface area (Å²) in [5.74, 6) is 1.78. The monoisotopic (exact) mass is 378 g/mol. The van der Waals surface area contributed by atoms with Gasteiger partial charge in [0.25, 0.3) is 5.91 Å². The molecule has 6 nitrogen and oxygen atoms in total. The molecule has 0 heterocycles. The first kappa shape index (κ1) is 21.4. The highest BCUT2D eigenvalue weighted by Gasteiger charge is 2.36. The molecule has 1 amide bonds. The van der Waals surface area contributed by atoms with E-state index >= 15 is 0 Å². The molecular weight excluding hydrogens is 344 g/mol. The average molecular weight is 379 g/mol. The third-order valence-electron chi connectivity index (χ3n) is 5.34. The highest BCUT2D eigenvalue weighted by molar-refractivity contribution is 5.95. The molecular formula is C21H34N2O4. The fourth-order valence-corrected chi connectivity index (χ4v) is 3.57. The van der Waals surface area contributed by atoms with Crippen molar-refractivity contribution in [1.82, 2.24) is 10.2 Å². The first-order chi connectivity index (χ1) is 12.8. The molecule has 0 spiro atoms. The molecule has 1 aromatic rings. The molecule has 0 saturated heterocycles. The number of methoxy groups -OCH3 is 2. The maximum atomic E-state index is 12.8. The zero-order valence-electron chi connectivity index (χ0n) is 17.6. The van der Waals surface area contributed by atoms with Crippen molar-refractivity contribution >= 4 is 5.91 Å². The zero-order valence-corrected chi connectivity index (χ0v) is 17.6. The van der Waals surface area contributed by atoms with E-state index < -0.39 is 0 Å². The standard InChI is InChI=1S/C21H34N2O4/c1-15(2)13-27-19-17(25-5)11-16(12-18(19)26-6)20(24)22-14-21(23(3)4)9-7-8-10-21/h11-12,15H,7-10,13-14H2,1-6H3,(H,22,24). The van der Waals surface area contributed by atoms with E-state index in [1.54, 1.807) is 26.4 Å². The van der Waals surface area contributed by atoms with Crippen molar-refractivity contribution in [2.75, 3.05) is 41.5 Å². The zero-order chi connectivity index (χ0) is 20.0. The van der Waals surface area contributed by atoms with Crippen molar-refractivity contribution in [3.8, 4) is 17.2 Å². The lowest BCUT2D eigenvalue weighted by Crippen LogP contribution is -2.50. The Morgan fingerprint density at radius 3 is 2.15 bits per heavy atom. The normalized spacial score (nSPS) is 15.9. The van der Waals surface area contributed by atoms with E-state index in [2.05, 4.69) is 38.2 Å². The largest absolute Gasteiger partial charge is 0.493 e. The summed E-state index contributed by atoms with van der Waals surface area (Å²) in [5, 5.41) is 3.10. The van der Waals surface area contributed by atoms with Crippen LogP contribution in [0.1, 0.15) is 49.9 Å². The maximum Gasteiger partial charge on any atom is 0.251 e. The Morgan fingerprint density at radius 2 is 1.70 bits per heavy atom. The molecule has 1 aromatic carbocycles. The molecule has 152 valence electrons. The number of nitrogens with one attached hydrogen (secondary N) is 1. The molecule has 1 saturated carbocycles. The second kappa shape index (κ2) is 9.31. The summed E-state index contributed by atoms with van der Waals surface area (Å²) in [7, 11) is 7.31. The number of carbonyl (C=O) groups is 1. The first-order valence-electron chi connectivity index (χ1n) is 9.67. The Labute approximate surface area is 163 Å². The third kappa shape index (κ3) is 5.06. The van der Waals surface area contributed by atoms with E-state index in [0.29, 0.717) is 41.9 Å². The van der Waals surface area contributed by atoms with Crippen molar-refractivity contribution < 1.29 is 19.0 Å². The van der Waals surface area contributed by atoms with E-state index in [1.165, 1.54) is 12.8 Å². The quantitative estimate of drug-likeness (QED) is 0.714. The number of likely N-dealkylation sites (N-methyl/N-ethyl adjacent to an activating group) is 1. The summed E-state index contributed by atoms with van der Waals surface area (Å²) < 4.78 is 16.8. The molecule has 2 rings (SSSR count). The molecule has 0 aliphatic heterocycles. The van der Waals surface area contributed by atoms with E-state index in [9.17, 15) is 4.79 Å². The van der Waals surface area contributed by atoms with Crippen LogP contribution in [0.25, 0.3) is 0 Å². The predicted octanol–water partition coefficient (Wildman–Crippen LogP) is 3.34. The van der Waals surface area contributed by atoms with Crippen molar-refractivity contribution in [1.29, 1.82) is 0 Å². The lowest BCUT2D eigenvalue weighted by Gasteiger charge is -2.36. The Balaban J connectivity index is 2.18. The molecule has 1 fully saturated rings. The van der Waals surface area contributed by atoms with Crippen molar-refractivity contribution in [3.63, 3.8) is 0 Å². The van der Waals surface area contributed by atoms with Crippen LogP contribution in [-0.2, 0) is 0 Å². The number of amides is 1. The summed E-state index contributed by atoms with van der Waals surface area (Å²) in [6.45, 7) is 5.33. The third-order valence-corrected chi connectivity index (χ3v) is 5.34. The SMILES string of the molecule is COc1cc(C(=O)NCC2(N(C)C)CCCC2)cc(OC)c1OCC(C)C. The highest BCUT2D eigenvalue weighted by atomic mass is 16.5. The van der Waals surface area contributed by atoms with Gasteiger partial charge in [0.15, 0.2) is 11.5 Å². The van der Waals surface area contributed by atoms with Gasteiger partial charge >= 0.3 is 0 Å². The summed E-state index contributed by atoms with van der Waals surface area (Å²) in [5.41, 5.74) is 0.553. The van der Waals surface area contributed by atoms with Crippen LogP contribution in [-0.4, -0.2) is 57.8 Å². The lowest BCUT2D eigenvalue weighted by molar-refractivity contribution is 0.0899. The van der Waals surface area contributed by atoms with Gasteiger partial charge in [-0.2, -0.15) is 0 Å². The fourth-order valence-electron chi connectivity index (χ4n) is 3.57. The number of rotatable bonds is 9. The van der Waals surface area contributed by atoms with Gasteiger partial charge in [-0.1, -0.05) is 26.7 Å². The number of hydrogen-bond donors (Lipinski definition) is 1. The van der Waals surface area contributed by atoms with E-state index in [1.807, 2.05) is 0 Å². The highest BCUT2D eigenvalue weighted by Crippen LogP contribution is 2.39. The minimum Gasteiger partial charge on any atom is -0.493 e. The second-order valence-corrected chi connectivity index (χ2v) is 7.92. The summed E-state index contributed by atoms with van der Waals surface area (Å²) in [6, 6.07) is 3.43. The maximum absolute atomic E-state index is 12.8. The van der Waals surface area contributed by atoms with Crippen LogP contribution in [0.2, 0.25) is 0 Å². The van der Waals surface area contributed by atoms with Gasteiger partial charge in [0, 0.05) is 17.6 Å². The predicted molar refractivity (Wildman–Crippen MR) is 107 cm³/mol. The number of benzene rings is 1. The minimum absolute atomic E-state index is 0.0458. The second-order valence-electron chi connectivity index (χ2n) is 7.92. The van der Waals surface area contributed by atoms with Gasteiger partial charge in [-0.05, 0) is 45.0 Å². The Bertz CT molecular complexity index is 612. The van der Waals surface area contributed by atoms with Crippen molar-refractivity contribution in [2.45, 2.75) is 45.1 Å². The lowest BCUT2D eigenvalue weighted by atomic mass is 9.96. The molecule has 6 heteroatoms. The van der Waals surface area contributed by atoms with Gasteiger partial charge in [-0.15, -0.1) is 0 Å². The van der Waals surface area contributed by atoms with Crippen molar-refractivity contribution in [2.24, 2.45) is 5.92 Å². The topological polar surface area (TPSA) is 60.0 Å². The van der Waals surface area contributed by atoms with Crippen LogP contribution in [0.3, 0.4) is 0 Å². The molecule has 0 radical (unpaired) electrons. The molecule has 0 unspecified atom stereocenters. The average Bonchev–Trinajstić information content (AvgIpc) is 3.14. The Hall–Kier alpha value is -1.95. The number of carbonyl (C=O) groups excluding carboxylic acids is 1. The minimum atomic E-state index is -0.130. The Morgan fingerprint density at radius 1 is 1.15 bits per heavy atom. The van der Waals surface area contributed by atoms with Crippen LogP contribution in [0, 0.1) is 5.92 Å². The molecule has 1 aliphatic rings. The molecule has 0 bridgehead atoms. The Kier molecular flexibility index (Phi) is 7.36. The van der Waals surface area contributed by atoms with Crippen LogP contribution >= 0.6 is 0 Å². The molecule has 0 aromatic heterocycles. The molecule has 27 heavy (non-hydrogen) atoms. The van der Waals surface area contributed by atoms with E-state index in [-0.39, 0.29) is 11.4 Å². The smallest absolute Gasteiger partial charge is 0.251 e. The molecule has 1 N–H and O–H groups in total. The molecule has 0 atom stereocenters. The number of nitrogens with zero attached hydrogens (tertiary/aromatic N) is 1. The summed E-state index contributed by atoms with van der Waals surface area (Å²) in [4.78, 5) is 15.0. The van der Waals surface area contributed by atoms with Gasteiger partial charge in [-0.3, -0.25) is 4.79 Å². The number of ether oxygens (including phenoxy) is 3. The number of hydrogen-bond acceptors (Lipinski definition) is 5. The van der Waals surface area contributed by atoms with Crippen LogP contribution in [0.15, 0.2) is 12.1 Å². The van der Waals surface area contributed by atoms with Gasteiger partial charge in [0.1, 0.15) is 0 Å². The van der Waals surface area contributed by atoms with E-state index in [4.69, 9.17) is 14.2 Å². The van der Waals surface area contributed by atoms with Crippen LogP contribution < -0.4 is 19.5 Å². The van der Waals surface area contributed by atoms with Gasteiger partial charge < -0.3 is 24.4 Å². The van der Waals surface area contributed by atoms with E-state index in [0.717, 1.165) is 12.8 Å². The summed E-state index contributed by atoms with van der Waals surface area (Å²) in [6.07, 6.45) is 4.62. The van der Waals surface area contributed by atoms with Crippen molar-refractivity contribution in [3.05, 3.63) is 17.7 Å². The van der Waals surface area contributed by atoms with Gasteiger partial charge in [-0.25, -0.2) is 0 Å².